The van der Waals surface area contributed by atoms with E-state index in [1.54, 1.807) is 7.05 Å². The highest BCUT2D eigenvalue weighted by atomic mass is 127. The highest BCUT2D eigenvalue weighted by Crippen LogP contribution is 2.32. The first-order valence-corrected chi connectivity index (χ1v) is 11.2. The zero-order valence-corrected chi connectivity index (χ0v) is 21.1. The highest BCUT2D eigenvalue weighted by molar-refractivity contribution is 14.0. The zero-order chi connectivity index (χ0) is 21.5. The number of halogens is 1. The Morgan fingerprint density at radius 2 is 1.91 bits per heavy atom. The van der Waals surface area contributed by atoms with Crippen molar-refractivity contribution in [1.82, 2.24) is 10.6 Å². The first-order chi connectivity index (χ1) is 15.2. The third kappa shape index (κ3) is 6.14. The SMILES string of the molecule is CN=C(NCc1ccc(-c2ccc3c(c2)CCCO3)cc1)NCC1(CCO)CCOC1.I. The van der Waals surface area contributed by atoms with Gasteiger partial charge in [-0.3, -0.25) is 4.99 Å². The van der Waals surface area contributed by atoms with Crippen LogP contribution in [0.4, 0.5) is 0 Å². The standard InChI is InChI=1S/C25H33N3O3.HI/c1-26-24(28-17-25(10-12-29)11-14-30-18-25)27-16-19-4-6-20(7-5-19)21-8-9-23-22(15-21)3-2-13-31-23;/h4-9,15,29H,2-3,10-14,16-18H2,1H3,(H2,26,27,28);1H. The van der Waals surface area contributed by atoms with Crippen LogP contribution in [0.1, 0.15) is 30.4 Å². The van der Waals surface area contributed by atoms with Crippen molar-refractivity contribution in [3.8, 4) is 16.9 Å². The molecule has 32 heavy (non-hydrogen) atoms. The van der Waals surface area contributed by atoms with Crippen LogP contribution in [-0.2, 0) is 17.7 Å². The molecular formula is C25H34IN3O3. The summed E-state index contributed by atoms with van der Waals surface area (Å²) in [6, 6.07) is 15.1. The van der Waals surface area contributed by atoms with Crippen molar-refractivity contribution in [2.24, 2.45) is 10.4 Å². The van der Waals surface area contributed by atoms with Gasteiger partial charge in [0.1, 0.15) is 5.75 Å². The predicted molar refractivity (Wildman–Crippen MR) is 139 cm³/mol. The lowest BCUT2D eigenvalue weighted by molar-refractivity contribution is 0.127. The minimum absolute atomic E-state index is 0. The van der Waals surface area contributed by atoms with Gasteiger partial charge in [0.2, 0.25) is 0 Å². The zero-order valence-electron chi connectivity index (χ0n) is 18.7. The van der Waals surface area contributed by atoms with Crippen LogP contribution < -0.4 is 15.4 Å². The highest BCUT2D eigenvalue weighted by Gasteiger charge is 2.34. The monoisotopic (exact) mass is 551 g/mol. The molecule has 0 aromatic heterocycles. The molecule has 4 rings (SSSR count). The lowest BCUT2D eigenvalue weighted by Gasteiger charge is -2.27. The molecule has 1 fully saturated rings. The van der Waals surface area contributed by atoms with Crippen LogP contribution >= 0.6 is 24.0 Å². The topological polar surface area (TPSA) is 75.1 Å². The van der Waals surface area contributed by atoms with E-state index in [2.05, 4.69) is 58.1 Å². The third-order valence-corrected chi connectivity index (χ3v) is 6.34. The smallest absolute Gasteiger partial charge is 0.191 e. The van der Waals surface area contributed by atoms with Crippen molar-refractivity contribution >= 4 is 29.9 Å². The fourth-order valence-corrected chi connectivity index (χ4v) is 4.34. The predicted octanol–water partition coefficient (Wildman–Crippen LogP) is 3.75. The maximum Gasteiger partial charge on any atom is 0.191 e. The minimum atomic E-state index is -0.00602. The van der Waals surface area contributed by atoms with Crippen molar-refractivity contribution in [2.45, 2.75) is 32.2 Å². The number of hydrogen-bond donors (Lipinski definition) is 3. The number of aliphatic hydroxyl groups is 1. The van der Waals surface area contributed by atoms with Crippen LogP contribution in [0.2, 0.25) is 0 Å². The summed E-state index contributed by atoms with van der Waals surface area (Å²) >= 11 is 0. The molecule has 0 saturated carbocycles. The summed E-state index contributed by atoms with van der Waals surface area (Å²) in [5.74, 6) is 1.79. The van der Waals surface area contributed by atoms with Gasteiger partial charge in [0.15, 0.2) is 5.96 Å². The van der Waals surface area contributed by atoms with Crippen LogP contribution in [0.3, 0.4) is 0 Å². The molecule has 0 bridgehead atoms. The second kappa shape index (κ2) is 11.9. The summed E-state index contributed by atoms with van der Waals surface area (Å²) in [6.07, 6.45) is 3.88. The summed E-state index contributed by atoms with van der Waals surface area (Å²) in [6.45, 7) is 3.89. The minimum Gasteiger partial charge on any atom is -0.493 e. The van der Waals surface area contributed by atoms with Crippen LogP contribution in [0.25, 0.3) is 11.1 Å². The van der Waals surface area contributed by atoms with E-state index in [1.807, 2.05) is 0 Å². The number of aliphatic hydroxyl groups excluding tert-OH is 1. The van der Waals surface area contributed by atoms with Gasteiger partial charge in [0, 0.05) is 38.8 Å². The van der Waals surface area contributed by atoms with Crippen molar-refractivity contribution in [3.05, 3.63) is 53.6 Å². The van der Waals surface area contributed by atoms with Crippen LogP contribution in [-0.4, -0.2) is 51.1 Å². The molecule has 1 atom stereocenters. The number of guanidine groups is 1. The van der Waals surface area contributed by atoms with E-state index in [4.69, 9.17) is 9.47 Å². The summed E-state index contributed by atoms with van der Waals surface area (Å²) in [7, 11) is 1.78. The Labute approximate surface area is 207 Å². The molecule has 0 spiro atoms. The largest absolute Gasteiger partial charge is 0.493 e. The number of nitrogens with one attached hydrogen (secondary N) is 2. The molecule has 1 unspecified atom stereocenters. The third-order valence-electron chi connectivity index (χ3n) is 6.34. The number of aryl methyl sites for hydroxylation is 1. The Hall–Kier alpha value is -1.84. The quantitative estimate of drug-likeness (QED) is 0.278. The van der Waals surface area contributed by atoms with Crippen LogP contribution in [0, 0.1) is 5.41 Å². The number of nitrogens with zero attached hydrogens (tertiary/aromatic N) is 1. The molecule has 6 nitrogen and oxygen atoms in total. The molecule has 2 aliphatic rings. The van der Waals surface area contributed by atoms with E-state index in [1.165, 1.54) is 22.3 Å². The summed E-state index contributed by atoms with van der Waals surface area (Å²) < 4.78 is 11.3. The number of rotatable bonds is 7. The van der Waals surface area contributed by atoms with E-state index < -0.39 is 0 Å². The molecule has 2 aromatic carbocycles. The normalized spacial score (nSPS) is 20.1. The fraction of sp³-hybridized carbons (Fsp3) is 0.480. The molecule has 2 heterocycles. The van der Waals surface area contributed by atoms with Crippen molar-refractivity contribution < 1.29 is 14.6 Å². The summed E-state index contributed by atoms with van der Waals surface area (Å²) in [5.41, 5.74) is 4.94. The van der Waals surface area contributed by atoms with Crippen molar-refractivity contribution in [3.63, 3.8) is 0 Å². The first-order valence-electron chi connectivity index (χ1n) is 11.2. The van der Waals surface area contributed by atoms with Gasteiger partial charge >= 0.3 is 0 Å². The summed E-state index contributed by atoms with van der Waals surface area (Å²) in [5, 5.41) is 16.2. The van der Waals surface area contributed by atoms with E-state index in [9.17, 15) is 5.11 Å². The van der Waals surface area contributed by atoms with E-state index in [0.717, 1.165) is 57.2 Å². The maximum atomic E-state index is 9.39. The van der Waals surface area contributed by atoms with Gasteiger partial charge in [-0.15, -0.1) is 24.0 Å². The first kappa shape index (κ1) is 24.8. The Balaban J connectivity index is 0.00000289. The van der Waals surface area contributed by atoms with Gasteiger partial charge in [-0.05, 0) is 60.1 Å². The van der Waals surface area contributed by atoms with E-state index in [0.29, 0.717) is 13.2 Å². The number of ether oxygens (including phenoxy) is 2. The second-order valence-electron chi connectivity index (χ2n) is 8.53. The fourth-order valence-electron chi connectivity index (χ4n) is 4.34. The molecule has 0 aliphatic carbocycles. The molecule has 1 saturated heterocycles. The molecule has 3 N–H and O–H groups in total. The Morgan fingerprint density at radius 3 is 2.62 bits per heavy atom. The van der Waals surface area contributed by atoms with Gasteiger partial charge < -0.3 is 25.2 Å². The number of aliphatic imine (C=N–C) groups is 1. The molecule has 0 amide bonds. The molecule has 174 valence electrons. The molecular weight excluding hydrogens is 517 g/mol. The van der Waals surface area contributed by atoms with E-state index >= 15 is 0 Å². The van der Waals surface area contributed by atoms with Crippen molar-refractivity contribution in [2.75, 3.05) is 40.0 Å². The average Bonchev–Trinajstić information content (AvgIpc) is 3.28. The lowest BCUT2D eigenvalue weighted by atomic mass is 9.84. The van der Waals surface area contributed by atoms with Gasteiger partial charge in [-0.1, -0.05) is 30.3 Å². The van der Waals surface area contributed by atoms with Gasteiger partial charge in [0.25, 0.3) is 0 Å². The van der Waals surface area contributed by atoms with Crippen LogP contribution in [0.5, 0.6) is 5.75 Å². The Bertz CT molecular complexity index is 896. The second-order valence-corrected chi connectivity index (χ2v) is 8.53. The van der Waals surface area contributed by atoms with E-state index in [-0.39, 0.29) is 36.0 Å². The molecule has 7 heteroatoms. The number of hydrogen-bond acceptors (Lipinski definition) is 4. The number of benzene rings is 2. The van der Waals surface area contributed by atoms with Crippen LogP contribution in [0.15, 0.2) is 47.5 Å². The molecule has 2 aliphatic heterocycles. The van der Waals surface area contributed by atoms with Gasteiger partial charge in [-0.25, -0.2) is 0 Å². The maximum absolute atomic E-state index is 9.39. The Kier molecular flexibility index (Phi) is 9.19. The molecule has 0 radical (unpaired) electrons. The molecule has 2 aromatic rings. The van der Waals surface area contributed by atoms with Gasteiger partial charge in [-0.2, -0.15) is 0 Å². The lowest BCUT2D eigenvalue weighted by Crippen LogP contribution is -2.44. The summed E-state index contributed by atoms with van der Waals surface area (Å²) in [4.78, 5) is 4.34. The van der Waals surface area contributed by atoms with Crippen molar-refractivity contribution in [1.29, 1.82) is 0 Å². The van der Waals surface area contributed by atoms with Gasteiger partial charge in [0.05, 0.1) is 13.2 Å². The average molecular weight is 551 g/mol. The Morgan fingerprint density at radius 1 is 1.09 bits per heavy atom. The number of fused-ring (bicyclic) bond motifs is 1.